The molecule has 1 aromatic rings. The van der Waals surface area contributed by atoms with Gasteiger partial charge in [-0.3, -0.25) is 0 Å². The van der Waals surface area contributed by atoms with Crippen LogP contribution in [0.4, 0.5) is 0 Å². The Labute approximate surface area is 118 Å². The van der Waals surface area contributed by atoms with Crippen LogP contribution in [0.3, 0.4) is 0 Å². The molecule has 106 valence electrons. The lowest BCUT2D eigenvalue weighted by Gasteiger charge is -2.16. The summed E-state index contributed by atoms with van der Waals surface area (Å²) in [6.07, 6.45) is 1.46. The van der Waals surface area contributed by atoms with Crippen molar-refractivity contribution in [3.63, 3.8) is 0 Å². The highest BCUT2D eigenvalue weighted by molar-refractivity contribution is 7.91. The first kappa shape index (κ1) is 14.8. The minimum atomic E-state index is -3.67. The Balaban J connectivity index is 2.28. The zero-order chi connectivity index (χ0) is 14.3. The Morgan fingerprint density at radius 2 is 1.95 bits per heavy atom. The summed E-state index contributed by atoms with van der Waals surface area (Å²) in [5, 5.41) is -0.290. The van der Waals surface area contributed by atoms with Crippen LogP contribution in [0.2, 0.25) is 5.02 Å². The summed E-state index contributed by atoms with van der Waals surface area (Å²) in [6.45, 7) is 0.222. The fourth-order valence-corrected chi connectivity index (χ4v) is 4.92. The van der Waals surface area contributed by atoms with E-state index in [9.17, 15) is 16.8 Å². The van der Waals surface area contributed by atoms with Crippen molar-refractivity contribution in [3.8, 4) is 0 Å². The van der Waals surface area contributed by atoms with Crippen molar-refractivity contribution in [2.75, 3.05) is 19.3 Å². The molecule has 2 rings (SSSR count). The predicted octanol–water partition coefficient (Wildman–Crippen LogP) is 1.15. The second-order valence-electron chi connectivity index (χ2n) is 4.56. The number of halogens is 1. The van der Waals surface area contributed by atoms with Crippen LogP contribution in [0.5, 0.6) is 0 Å². The quantitative estimate of drug-likeness (QED) is 0.836. The van der Waals surface area contributed by atoms with Gasteiger partial charge in [0, 0.05) is 24.4 Å². The van der Waals surface area contributed by atoms with E-state index in [1.54, 1.807) is 12.1 Å². The number of rotatable bonds is 3. The van der Waals surface area contributed by atoms with E-state index in [2.05, 4.69) is 0 Å². The van der Waals surface area contributed by atoms with Gasteiger partial charge in [-0.15, -0.1) is 0 Å². The number of benzene rings is 1. The van der Waals surface area contributed by atoms with Gasteiger partial charge < -0.3 is 0 Å². The van der Waals surface area contributed by atoms with Gasteiger partial charge in [0.25, 0.3) is 0 Å². The average molecular weight is 324 g/mol. The number of sulfone groups is 1. The Hall–Kier alpha value is -0.630. The summed E-state index contributed by atoms with van der Waals surface area (Å²) < 4.78 is 48.8. The monoisotopic (exact) mass is 323 g/mol. The highest BCUT2D eigenvalue weighted by Crippen LogP contribution is 2.25. The molecule has 0 bridgehead atoms. The Bertz CT molecular complexity index is 684. The second-order valence-corrected chi connectivity index (χ2v) is 9.26. The zero-order valence-corrected chi connectivity index (χ0v) is 12.7. The third kappa shape index (κ3) is 3.10. The molecule has 1 heterocycles. The maximum atomic E-state index is 12.3. The summed E-state index contributed by atoms with van der Waals surface area (Å²) in [7, 11) is -6.89. The number of hydrogen-bond acceptors (Lipinski definition) is 4. The SMILES string of the molecule is CS(=O)(=O)[C@H]1CCN(S(=O)(=O)c2cccc(Cl)c2)C1. The van der Waals surface area contributed by atoms with Crippen LogP contribution < -0.4 is 0 Å². The van der Waals surface area contributed by atoms with E-state index in [4.69, 9.17) is 11.6 Å². The van der Waals surface area contributed by atoms with Crippen molar-refractivity contribution in [2.24, 2.45) is 0 Å². The van der Waals surface area contributed by atoms with Crippen LogP contribution in [-0.4, -0.2) is 45.7 Å². The number of nitrogens with zero attached hydrogens (tertiary/aromatic N) is 1. The van der Waals surface area contributed by atoms with Crippen molar-refractivity contribution < 1.29 is 16.8 Å². The average Bonchev–Trinajstić information content (AvgIpc) is 2.78. The molecule has 0 radical (unpaired) electrons. The molecule has 5 nitrogen and oxygen atoms in total. The van der Waals surface area contributed by atoms with Crippen LogP contribution in [0.25, 0.3) is 0 Å². The van der Waals surface area contributed by atoms with Gasteiger partial charge in [-0.1, -0.05) is 17.7 Å². The molecule has 1 saturated heterocycles. The van der Waals surface area contributed by atoms with Crippen LogP contribution in [0.15, 0.2) is 29.2 Å². The molecule has 0 aromatic heterocycles. The summed E-state index contributed by atoms with van der Waals surface area (Å²) in [4.78, 5) is 0.0918. The van der Waals surface area contributed by atoms with Crippen molar-refractivity contribution >= 4 is 31.5 Å². The van der Waals surface area contributed by atoms with Gasteiger partial charge in [0.15, 0.2) is 9.84 Å². The van der Waals surface area contributed by atoms with Gasteiger partial charge >= 0.3 is 0 Å². The third-order valence-electron chi connectivity index (χ3n) is 3.15. The predicted molar refractivity (Wildman–Crippen MR) is 73.5 cm³/mol. The highest BCUT2D eigenvalue weighted by Gasteiger charge is 2.36. The van der Waals surface area contributed by atoms with E-state index >= 15 is 0 Å². The molecule has 1 fully saturated rings. The van der Waals surface area contributed by atoms with E-state index in [1.807, 2.05) is 0 Å². The fourth-order valence-electron chi connectivity index (χ4n) is 2.04. The molecule has 1 aliphatic rings. The number of sulfonamides is 1. The number of hydrogen-bond donors (Lipinski definition) is 0. The van der Waals surface area contributed by atoms with E-state index in [-0.39, 0.29) is 18.0 Å². The molecule has 1 aromatic carbocycles. The Kier molecular flexibility index (Phi) is 3.92. The first-order valence-corrected chi connectivity index (χ1v) is 9.43. The van der Waals surface area contributed by atoms with E-state index in [0.29, 0.717) is 11.4 Å². The van der Waals surface area contributed by atoms with Crippen LogP contribution in [0.1, 0.15) is 6.42 Å². The van der Waals surface area contributed by atoms with Crippen molar-refractivity contribution in [3.05, 3.63) is 29.3 Å². The van der Waals surface area contributed by atoms with Gasteiger partial charge in [0.2, 0.25) is 10.0 Å². The second kappa shape index (κ2) is 5.05. The molecule has 8 heteroatoms. The molecular weight excluding hydrogens is 310 g/mol. The lowest BCUT2D eigenvalue weighted by Crippen LogP contribution is -2.31. The topological polar surface area (TPSA) is 71.5 Å². The molecule has 1 aliphatic heterocycles. The molecule has 0 amide bonds. The lowest BCUT2D eigenvalue weighted by molar-refractivity contribution is 0.477. The first-order chi connectivity index (χ1) is 8.71. The maximum absolute atomic E-state index is 12.3. The highest BCUT2D eigenvalue weighted by atomic mass is 35.5. The van der Waals surface area contributed by atoms with Crippen LogP contribution in [-0.2, 0) is 19.9 Å². The Morgan fingerprint density at radius 3 is 2.47 bits per heavy atom. The molecule has 0 N–H and O–H groups in total. The van der Waals surface area contributed by atoms with E-state index in [0.717, 1.165) is 6.26 Å². The van der Waals surface area contributed by atoms with Crippen molar-refractivity contribution in [1.82, 2.24) is 4.31 Å². The first-order valence-electron chi connectivity index (χ1n) is 5.66. The van der Waals surface area contributed by atoms with Gasteiger partial charge in [0.05, 0.1) is 10.1 Å². The lowest BCUT2D eigenvalue weighted by atomic mass is 10.4. The summed E-state index contributed by atoms with van der Waals surface area (Å²) in [5.74, 6) is 0. The van der Waals surface area contributed by atoms with Crippen molar-refractivity contribution in [2.45, 2.75) is 16.6 Å². The minimum Gasteiger partial charge on any atom is -0.229 e. The zero-order valence-electron chi connectivity index (χ0n) is 10.3. The molecule has 0 unspecified atom stereocenters. The van der Waals surface area contributed by atoms with Crippen molar-refractivity contribution in [1.29, 1.82) is 0 Å². The van der Waals surface area contributed by atoms with Gasteiger partial charge in [-0.05, 0) is 24.6 Å². The normalized spacial score (nSPS) is 21.7. The van der Waals surface area contributed by atoms with Gasteiger partial charge in [-0.25, -0.2) is 16.8 Å². The Morgan fingerprint density at radius 1 is 1.26 bits per heavy atom. The standard InChI is InChI=1S/C11H14ClNO4S2/c1-18(14,15)11-5-6-13(8-11)19(16,17)10-4-2-3-9(12)7-10/h2-4,7,11H,5-6,8H2,1H3/t11-/m0/s1. The van der Waals surface area contributed by atoms with Crippen LogP contribution >= 0.6 is 11.6 Å². The van der Waals surface area contributed by atoms with Gasteiger partial charge in [0.1, 0.15) is 0 Å². The third-order valence-corrected chi connectivity index (χ3v) is 6.84. The molecule has 1 atom stereocenters. The fraction of sp³-hybridized carbons (Fsp3) is 0.455. The largest absolute Gasteiger partial charge is 0.243 e. The molecule has 0 saturated carbocycles. The maximum Gasteiger partial charge on any atom is 0.243 e. The molecule has 0 spiro atoms. The molecule has 19 heavy (non-hydrogen) atoms. The van der Waals surface area contributed by atoms with E-state index < -0.39 is 25.1 Å². The molecule has 0 aliphatic carbocycles. The smallest absolute Gasteiger partial charge is 0.229 e. The minimum absolute atomic E-state index is 0.00762. The van der Waals surface area contributed by atoms with Crippen LogP contribution in [0, 0.1) is 0 Å². The summed E-state index contributed by atoms with van der Waals surface area (Å²) >= 11 is 5.78. The van der Waals surface area contributed by atoms with E-state index in [1.165, 1.54) is 16.4 Å². The van der Waals surface area contributed by atoms with Gasteiger partial charge in [-0.2, -0.15) is 4.31 Å². The summed E-state index contributed by atoms with van der Waals surface area (Å²) in [6, 6.07) is 5.96. The summed E-state index contributed by atoms with van der Waals surface area (Å²) in [5.41, 5.74) is 0. The molecular formula is C11H14ClNO4S2.